The lowest BCUT2D eigenvalue weighted by atomic mass is 10.2. The quantitative estimate of drug-likeness (QED) is 0.800. The molecule has 3 nitrogen and oxygen atoms in total. The summed E-state index contributed by atoms with van der Waals surface area (Å²) in [5.74, 6) is -0.0561. The summed E-state index contributed by atoms with van der Waals surface area (Å²) in [5, 5.41) is 6.75. The van der Waals surface area contributed by atoms with Crippen LogP contribution in [0.1, 0.15) is 12.8 Å². The van der Waals surface area contributed by atoms with E-state index in [9.17, 15) is 4.79 Å². The van der Waals surface area contributed by atoms with Crippen LogP contribution in [0, 0.1) is 0 Å². The largest absolute Gasteiger partial charge is 0.325 e. The lowest BCUT2D eigenvalue weighted by molar-refractivity contribution is -0.116. The SMILES string of the molecule is CNCCCC(=O)Nc1cc(Cl)ccc1Cl. The minimum absolute atomic E-state index is 0.0561. The second-order valence-electron chi connectivity index (χ2n) is 3.38. The van der Waals surface area contributed by atoms with Gasteiger partial charge in [-0.3, -0.25) is 4.79 Å². The fourth-order valence-corrected chi connectivity index (χ4v) is 1.57. The minimum Gasteiger partial charge on any atom is -0.325 e. The van der Waals surface area contributed by atoms with Crippen molar-refractivity contribution in [1.29, 1.82) is 0 Å². The Morgan fingerprint density at radius 3 is 2.81 bits per heavy atom. The molecule has 0 aliphatic heterocycles. The molecule has 1 amide bonds. The number of halogens is 2. The van der Waals surface area contributed by atoms with Gasteiger partial charge >= 0.3 is 0 Å². The molecule has 0 saturated heterocycles. The maximum Gasteiger partial charge on any atom is 0.224 e. The first-order valence-electron chi connectivity index (χ1n) is 5.03. The second-order valence-corrected chi connectivity index (χ2v) is 4.22. The van der Waals surface area contributed by atoms with E-state index in [0.717, 1.165) is 13.0 Å². The van der Waals surface area contributed by atoms with Crippen LogP contribution < -0.4 is 10.6 Å². The van der Waals surface area contributed by atoms with E-state index in [2.05, 4.69) is 10.6 Å². The van der Waals surface area contributed by atoms with Crippen molar-refractivity contribution in [3.8, 4) is 0 Å². The zero-order valence-electron chi connectivity index (χ0n) is 9.02. The molecular weight excluding hydrogens is 247 g/mol. The Morgan fingerprint density at radius 2 is 2.12 bits per heavy atom. The Hall–Kier alpha value is -0.770. The van der Waals surface area contributed by atoms with Gasteiger partial charge in [-0.2, -0.15) is 0 Å². The van der Waals surface area contributed by atoms with Gasteiger partial charge in [-0.1, -0.05) is 23.2 Å². The molecule has 0 spiro atoms. The van der Waals surface area contributed by atoms with Gasteiger partial charge in [0.2, 0.25) is 5.91 Å². The van der Waals surface area contributed by atoms with Crippen LogP contribution in [0.4, 0.5) is 5.69 Å². The van der Waals surface area contributed by atoms with Gasteiger partial charge in [0.1, 0.15) is 0 Å². The molecule has 0 aliphatic rings. The molecule has 1 rings (SSSR count). The zero-order valence-corrected chi connectivity index (χ0v) is 10.5. The van der Waals surface area contributed by atoms with E-state index < -0.39 is 0 Å². The Balaban J connectivity index is 2.52. The van der Waals surface area contributed by atoms with Crippen molar-refractivity contribution in [2.24, 2.45) is 0 Å². The summed E-state index contributed by atoms with van der Waals surface area (Å²) in [6, 6.07) is 4.98. The molecule has 0 heterocycles. The number of hydrogen-bond donors (Lipinski definition) is 2. The van der Waals surface area contributed by atoms with Gasteiger partial charge in [-0.25, -0.2) is 0 Å². The standard InChI is InChI=1S/C11H14Cl2N2O/c1-14-6-2-3-11(16)15-10-7-8(12)4-5-9(10)13/h4-5,7,14H,2-3,6H2,1H3,(H,15,16). The fraction of sp³-hybridized carbons (Fsp3) is 0.364. The van der Waals surface area contributed by atoms with E-state index in [1.54, 1.807) is 18.2 Å². The number of carbonyl (C=O) groups excluding carboxylic acids is 1. The van der Waals surface area contributed by atoms with E-state index in [1.807, 2.05) is 7.05 Å². The van der Waals surface area contributed by atoms with E-state index in [0.29, 0.717) is 22.2 Å². The zero-order chi connectivity index (χ0) is 12.0. The predicted octanol–water partition coefficient (Wildman–Crippen LogP) is 2.93. The van der Waals surface area contributed by atoms with Crippen molar-refractivity contribution in [2.75, 3.05) is 18.9 Å². The van der Waals surface area contributed by atoms with Gasteiger partial charge in [0.25, 0.3) is 0 Å². The topological polar surface area (TPSA) is 41.1 Å². The number of benzene rings is 1. The van der Waals surface area contributed by atoms with Crippen LogP contribution in [0.3, 0.4) is 0 Å². The molecule has 0 unspecified atom stereocenters. The summed E-state index contributed by atoms with van der Waals surface area (Å²) in [5.41, 5.74) is 0.559. The van der Waals surface area contributed by atoms with Crippen LogP contribution in [0.2, 0.25) is 10.0 Å². The van der Waals surface area contributed by atoms with Crippen molar-refractivity contribution in [1.82, 2.24) is 5.32 Å². The third-order valence-electron chi connectivity index (χ3n) is 2.03. The van der Waals surface area contributed by atoms with Crippen LogP contribution in [-0.4, -0.2) is 19.5 Å². The first-order valence-corrected chi connectivity index (χ1v) is 5.78. The highest BCUT2D eigenvalue weighted by Crippen LogP contribution is 2.25. The second kappa shape index (κ2) is 6.74. The number of amides is 1. The lowest BCUT2D eigenvalue weighted by Crippen LogP contribution is -2.15. The maximum atomic E-state index is 11.5. The van der Waals surface area contributed by atoms with E-state index >= 15 is 0 Å². The Morgan fingerprint density at radius 1 is 1.38 bits per heavy atom. The number of rotatable bonds is 5. The molecule has 16 heavy (non-hydrogen) atoms. The van der Waals surface area contributed by atoms with Gasteiger partial charge in [0.15, 0.2) is 0 Å². The van der Waals surface area contributed by atoms with Crippen molar-refractivity contribution in [3.63, 3.8) is 0 Å². The highest BCUT2D eigenvalue weighted by atomic mass is 35.5. The Kier molecular flexibility index (Phi) is 5.60. The molecule has 0 aromatic heterocycles. The maximum absolute atomic E-state index is 11.5. The molecule has 0 radical (unpaired) electrons. The fourth-order valence-electron chi connectivity index (χ4n) is 1.23. The molecule has 0 saturated carbocycles. The monoisotopic (exact) mass is 260 g/mol. The van der Waals surface area contributed by atoms with Crippen LogP contribution >= 0.6 is 23.2 Å². The number of anilines is 1. The van der Waals surface area contributed by atoms with E-state index in [4.69, 9.17) is 23.2 Å². The summed E-state index contributed by atoms with van der Waals surface area (Å²) in [4.78, 5) is 11.5. The van der Waals surface area contributed by atoms with Crippen molar-refractivity contribution >= 4 is 34.8 Å². The molecule has 0 aliphatic carbocycles. The first kappa shape index (κ1) is 13.3. The smallest absolute Gasteiger partial charge is 0.224 e. The highest BCUT2D eigenvalue weighted by Gasteiger charge is 2.05. The minimum atomic E-state index is -0.0561. The number of carbonyl (C=O) groups is 1. The van der Waals surface area contributed by atoms with Crippen LogP contribution in [0.15, 0.2) is 18.2 Å². The van der Waals surface area contributed by atoms with E-state index in [-0.39, 0.29) is 5.91 Å². The Bertz CT molecular complexity index is 369. The van der Waals surface area contributed by atoms with Crippen molar-refractivity contribution in [2.45, 2.75) is 12.8 Å². The van der Waals surface area contributed by atoms with Crippen molar-refractivity contribution < 1.29 is 4.79 Å². The molecule has 88 valence electrons. The predicted molar refractivity (Wildman–Crippen MR) is 68.3 cm³/mol. The molecule has 5 heteroatoms. The summed E-state index contributed by atoms with van der Waals surface area (Å²) >= 11 is 11.7. The molecular formula is C11H14Cl2N2O. The number of hydrogen-bond acceptors (Lipinski definition) is 2. The lowest BCUT2D eigenvalue weighted by Gasteiger charge is -2.07. The Labute approximate surface area is 105 Å². The van der Waals surface area contributed by atoms with Crippen molar-refractivity contribution in [3.05, 3.63) is 28.2 Å². The molecule has 0 atom stereocenters. The van der Waals surface area contributed by atoms with Crippen LogP contribution in [-0.2, 0) is 4.79 Å². The van der Waals surface area contributed by atoms with Gasteiger partial charge in [-0.05, 0) is 38.2 Å². The van der Waals surface area contributed by atoms with E-state index in [1.165, 1.54) is 0 Å². The molecule has 0 fully saturated rings. The summed E-state index contributed by atoms with van der Waals surface area (Å²) in [6.07, 6.45) is 1.25. The third-order valence-corrected chi connectivity index (χ3v) is 2.60. The summed E-state index contributed by atoms with van der Waals surface area (Å²) < 4.78 is 0. The van der Waals surface area contributed by atoms with Gasteiger partial charge in [0.05, 0.1) is 10.7 Å². The molecule has 1 aromatic rings. The summed E-state index contributed by atoms with van der Waals surface area (Å²) in [6.45, 7) is 0.816. The van der Waals surface area contributed by atoms with Gasteiger partial charge < -0.3 is 10.6 Å². The van der Waals surface area contributed by atoms with Gasteiger partial charge in [-0.15, -0.1) is 0 Å². The molecule has 2 N–H and O–H groups in total. The van der Waals surface area contributed by atoms with Crippen LogP contribution in [0.25, 0.3) is 0 Å². The first-order chi connectivity index (χ1) is 7.63. The molecule has 1 aromatic carbocycles. The average Bonchev–Trinajstić information content (AvgIpc) is 2.24. The highest BCUT2D eigenvalue weighted by molar-refractivity contribution is 6.35. The van der Waals surface area contributed by atoms with Gasteiger partial charge in [0, 0.05) is 11.4 Å². The average molecular weight is 261 g/mol. The van der Waals surface area contributed by atoms with Crippen LogP contribution in [0.5, 0.6) is 0 Å². The third kappa shape index (κ3) is 4.39. The normalized spacial score (nSPS) is 10.2. The molecule has 0 bridgehead atoms. The number of nitrogens with one attached hydrogen (secondary N) is 2. The summed E-state index contributed by atoms with van der Waals surface area (Å²) in [7, 11) is 1.85.